The normalized spacial score (nSPS) is 21.7. The molecule has 2 saturated heterocycles. The van der Waals surface area contributed by atoms with Crippen LogP contribution in [0.3, 0.4) is 0 Å². The molecule has 2 aromatic rings. The van der Waals surface area contributed by atoms with Gasteiger partial charge < -0.3 is 9.64 Å². The number of hydrogen-bond acceptors (Lipinski definition) is 6. The number of amides is 1. The Morgan fingerprint density at radius 2 is 2.00 bits per heavy atom. The van der Waals surface area contributed by atoms with E-state index < -0.39 is 0 Å². The summed E-state index contributed by atoms with van der Waals surface area (Å²) in [6.07, 6.45) is 10.8. The highest BCUT2D eigenvalue weighted by molar-refractivity contribution is 5.78. The van der Waals surface area contributed by atoms with Gasteiger partial charge in [-0.2, -0.15) is 0 Å². The number of piperidine rings is 1. The van der Waals surface area contributed by atoms with Gasteiger partial charge in [-0.25, -0.2) is 9.97 Å². The highest BCUT2D eigenvalue weighted by atomic mass is 16.5. The van der Waals surface area contributed by atoms with Crippen LogP contribution < -0.4 is 0 Å². The number of carbonyl (C=O) groups excluding carboxylic acids is 1. The number of imidazole rings is 1. The number of nitrogens with zero attached hydrogens (tertiary/aromatic N) is 6. The molecule has 0 radical (unpaired) electrons. The molecule has 2 aromatic heterocycles. The van der Waals surface area contributed by atoms with Gasteiger partial charge in [0.1, 0.15) is 6.33 Å². The second-order valence-electron chi connectivity index (χ2n) is 6.80. The molecule has 4 heterocycles. The van der Waals surface area contributed by atoms with E-state index in [0.717, 1.165) is 44.0 Å². The molecule has 2 aliphatic heterocycles. The Kier molecular flexibility index (Phi) is 5.21. The third-order valence-electron chi connectivity index (χ3n) is 5.08. The molecule has 2 aliphatic rings. The monoisotopic (exact) mass is 356 g/mol. The predicted octanol–water partition coefficient (Wildman–Crippen LogP) is 0.701. The second-order valence-corrected chi connectivity index (χ2v) is 6.80. The maximum atomic E-state index is 12.7. The van der Waals surface area contributed by atoms with E-state index in [0.29, 0.717) is 26.3 Å². The van der Waals surface area contributed by atoms with Crippen LogP contribution in [0.15, 0.2) is 31.1 Å². The van der Waals surface area contributed by atoms with Crippen molar-refractivity contribution in [3.8, 4) is 5.82 Å². The summed E-state index contributed by atoms with van der Waals surface area (Å²) in [4.78, 5) is 30.1. The molecule has 2 fully saturated rings. The van der Waals surface area contributed by atoms with Gasteiger partial charge in [-0.15, -0.1) is 0 Å². The van der Waals surface area contributed by atoms with Crippen molar-refractivity contribution in [3.05, 3.63) is 36.8 Å². The number of carbonyl (C=O) groups is 1. The van der Waals surface area contributed by atoms with E-state index in [1.54, 1.807) is 24.9 Å². The zero-order chi connectivity index (χ0) is 17.8. The summed E-state index contributed by atoms with van der Waals surface area (Å²) < 4.78 is 7.25. The minimum absolute atomic E-state index is 0.198. The number of ether oxygens (including phenoxy) is 1. The van der Waals surface area contributed by atoms with E-state index in [9.17, 15) is 4.79 Å². The van der Waals surface area contributed by atoms with Gasteiger partial charge in [-0.1, -0.05) is 0 Å². The average molecular weight is 356 g/mol. The lowest BCUT2D eigenvalue weighted by atomic mass is 9.94. The SMILES string of the molecule is O=C(CN1CCOCC1)N1CCC[C@@H](c2nccnc2-n2ccnc2)C1. The molecule has 26 heavy (non-hydrogen) atoms. The van der Waals surface area contributed by atoms with Gasteiger partial charge in [0.05, 0.1) is 25.5 Å². The van der Waals surface area contributed by atoms with Gasteiger partial charge in [-0.05, 0) is 12.8 Å². The van der Waals surface area contributed by atoms with E-state index >= 15 is 0 Å². The first kappa shape index (κ1) is 17.1. The molecule has 0 N–H and O–H groups in total. The van der Waals surface area contributed by atoms with Crippen LogP contribution in [-0.4, -0.2) is 81.2 Å². The lowest BCUT2D eigenvalue weighted by molar-refractivity contribution is -0.134. The summed E-state index contributed by atoms with van der Waals surface area (Å²) >= 11 is 0. The summed E-state index contributed by atoms with van der Waals surface area (Å²) in [7, 11) is 0. The number of likely N-dealkylation sites (tertiary alicyclic amines) is 1. The van der Waals surface area contributed by atoms with Crippen LogP contribution in [0.4, 0.5) is 0 Å². The van der Waals surface area contributed by atoms with E-state index in [-0.39, 0.29) is 11.8 Å². The fourth-order valence-corrected chi connectivity index (χ4v) is 3.69. The maximum absolute atomic E-state index is 12.7. The minimum Gasteiger partial charge on any atom is -0.379 e. The fraction of sp³-hybridized carbons (Fsp3) is 0.556. The van der Waals surface area contributed by atoms with Gasteiger partial charge in [0.15, 0.2) is 5.82 Å². The van der Waals surface area contributed by atoms with Crippen LogP contribution in [-0.2, 0) is 9.53 Å². The van der Waals surface area contributed by atoms with Crippen molar-refractivity contribution in [1.29, 1.82) is 0 Å². The van der Waals surface area contributed by atoms with Crippen molar-refractivity contribution in [2.75, 3.05) is 45.9 Å². The highest BCUT2D eigenvalue weighted by Gasteiger charge is 2.29. The van der Waals surface area contributed by atoms with E-state index in [4.69, 9.17) is 4.74 Å². The predicted molar refractivity (Wildman–Crippen MR) is 95.0 cm³/mol. The van der Waals surface area contributed by atoms with Crippen LogP contribution in [0.25, 0.3) is 5.82 Å². The Morgan fingerprint density at radius 3 is 2.81 bits per heavy atom. The summed E-state index contributed by atoms with van der Waals surface area (Å²) in [5.74, 6) is 1.20. The van der Waals surface area contributed by atoms with Gasteiger partial charge >= 0.3 is 0 Å². The smallest absolute Gasteiger partial charge is 0.236 e. The molecule has 0 spiro atoms. The molecule has 1 amide bonds. The molecule has 138 valence electrons. The Balaban J connectivity index is 1.46. The Morgan fingerprint density at radius 1 is 1.15 bits per heavy atom. The highest BCUT2D eigenvalue weighted by Crippen LogP contribution is 2.28. The van der Waals surface area contributed by atoms with Gasteiger partial charge in [-0.3, -0.25) is 19.2 Å². The van der Waals surface area contributed by atoms with Crippen molar-refractivity contribution in [3.63, 3.8) is 0 Å². The molecule has 0 bridgehead atoms. The largest absolute Gasteiger partial charge is 0.379 e. The Hall–Kier alpha value is -2.32. The first-order valence-electron chi connectivity index (χ1n) is 9.18. The third-order valence-corrected chi connectivity index (χ3v) is 5.08. The van der Waals surface area contributed by atoms with E-state index in [1.165, 1.54) is 0 Å². The van der Waals surface area contributed by atoms with Crippen molar-refractivity contribution >= 4 is 5.91 Å². The molecule has 0 unspecified atom stereocenters. The van der Waals surface area contributed by atoms with Crippen molar-refractivity contribution in [2.45, 2.75) is 18.8 Å². The molecule has 8 heteroatoms. The van der Waals surface area contributed by atoms with Crippen molar-refractivity contribution in [1.82, 2.24) is 29.3 Å². The molecule has 0 aromatic carbocycles. The number of rotatable bonds is 4. The zero-order valence-electron chi connectivity index (χ0n) is 14.8. The molecule has 0 aliphatic carbocycles. The van der Waals surface area contributed by atoms with Crippen LogP contribution >= 0.6 is 0 Å². The first-order chi connectivity index (χ1) is 12.8. The van der Waals surface area contributed by atoms with Crippen LogP contribution in [0.2, 0.25) is 0 Å². The van der Waals surface area contributed by atoms with Crippen molar-refractivity contribution in [2.24, 2.45) is 0 Å². The lowest BCUT2D eigenvalue weighted by Crippen LogP contribution is -2.47. The van der Waals surface area contributed by atoms with Crippen LogP contribution in [0.1, 0.15) is 24.5 Å². The number of aromatic nitrogens is 4. The van der Waals surface area contributed by atoms with Gasteiger partial charge in [0.2, 0.25) is 5.91 Å². The molecule has 8 nitrogen and oxygen atoms in total. The topological polar surface area (TPSA) is 76.4 Å². The minimum atomic E-state index is 0.198. The molecular formula is C18H24N6O2. The quantitative estimate of drug-likeness (QED) is 0.803. The molecular weight excluding hydrogens is 332 g/mol. The Labute approximate surface area is 152 Å². The maximum Gasteiger partial charge on any atom is 0.236 e. The van der Waals surface area contributed by atoms with Crippen LogP contribution in [0, 0.1) is 0 Å². The summed E-state index contributed by atoms with van der Waals surface area (Å²) in [5.41, 5.74) is 0.939. The third kappa shape index (κ3) is 3.76. The standard InChI is InChI=1S/C18H24N6O2/c25-16(13-22-8-10-26-11-9-22)23-6-1-2-15(12-23)17-18(21-4-3-20-17)24-7-5-19-14-24/h3-5,7,14-15H,1-2,6,8-13H2/t15-/m1/s1. The van der Waals surface area contributed by atoms with Gasteiger partial charge in [0.25, 0.3) is 0 Å². The molecule has 4 rings (SSSR count). The zero-order valence-corrected chi connectivity index (χ0v) is 14.8. The molecule has 1 atom stereocenters. The second kappa shape index (κ2) is 7.92. The number of morpholine rings is 1. The Bertz CT molecular complexity index is 729. The number of hydrogen-bond donors (Lipinski definition) is 0. The average Bonchev–Trinajstić information content (AvgIpc) is 3.23. The van der Waals surface area contributed by atoms with Gasteiger partial charge in [0, 0.05) is 56.9 Å². The van der Waals surface area contributed by atoms with E-state index in [1.807, 2.05) is 15.7 Å². The van der Waals surface area contributed by atoms with Crippen molar-refractivity contribution < 1.29 is 9.53 Å². The van der Waals surface area contributed by atoms with Crippen LogP contribution in [0.5, 0.6) is 0 Å². The molecule has 0 saturated carbocycles. The summed E-state index contributed by atoms with van der Waals surface area (Å²) in [5, 5.41) is 0. The lowest BCUT2D eigenvalue weighted by Gasteiger charge is -2.35. The fourth-order valence-electron chi connectivity index (χ4n) is 3.69. The summed E-state index contributed by atoms with van der Waals surface area (Å²) in [6, 6.07) is 0. The van der Waals surface area contributed by atoms with E-state index in [2.05, 4.69) is 19.9 Å². The summed E-state index contributed by atoms with van der Waals surface area (Å²) in [6.45, 7) is 5.08. The first-order valence-corrected chi connectivity index (χ1v) is 9.18.